The van der Waals surface area contributed by atoms with Gasteiger partial charge >= 0.3 is 0 Å². The Balaban J connectivity index is 1.51. The molecule has 4 nitrogen and oxygen atoms in total. The number of nitrogens with zero attached hydrogens (tertiary/aromatic N) is 2. The van der Waals surface area contributed by atoms with Gasteiger partial charge in [0, 0.05) is 38.1 Å². The van der Waals surface area contributed by atoms with Crippen LogP contribution in [-0.4, -0.2) is 58.6 Å². The van der Waals surface area contributed by atoms with Crippen LogP contribution in [0.3, 0.4) is 0 Å². The second-order valence-corrected chi connectivity index (χ2v) is 7.44. The normalized spacial score (nSPS) is 32.0. The Hall–Kier alpha value is -0.610. The molecule has 3 aliphatic rings. The van der Waals surface area contributed by atoms with E-state index < -0.39 is 0 Å². The SMILES string of the molecule is CC1CCC(N(CC(O)CN2CCCC2=O)C2CC2)CC1. The van der Waals surface area contributed by atoms with Gasteiger partial charge in [-0.1, -0.05) is 6.92 Å². The lowest BCUT2D eigenvalue weighted by atomic mass is 9.86. The van der Waals surface area contributed by atoms with Crippen LogP contribution < -0.4 is 0 Å². The van der Waals surface area contributed by atoms with Crippen LogP contribution in [0.25, 0.3) is 0 Å². The molecule has 1 heterocycles. The van der Waals surface area contributed by atoms with Gasteiger partial charge in [0.25, 0.3) is 0 Å². The summed E-state index contributed by atoms with van der Waals surface area (Å²) in [6, 6.07) is 1.37. The van der Waals surface area contributed by atoms with E-state index >= 15 is 0 Å². The number of hydrogen-bond acceptors (Lipinski definition) is 3. The first-order valence-electron chi connectivity index (χ1n) is 8.85. The summed E-state index contributed by atoms with van der Waals surface area (Å²) in [6.07, 6.45) is 9.05. The molecule has 0 aromatic rings. The number of hydrogen-bond donors (Lipinski definition) is 1. The van der Waals surface area contributed by atoms with Crippen LogP contribution in [0.4, 0.5) is 0 Å². The fourth-order valence-electron chi connectivity index (χ4n) is 4.03. The zero-order valence-electron chi connectivity index (χ0n) is 13.3. The van der Waals surface area contributed by atoms with E-state index in [2.05, 4.69) is 11.8 Å². The summed E-state index contributed by atoms with van der Waals surface area (Å²) in [5.74, 6) is 1.09. The van der Waals surface area contributed by atoms with E-state index in [1.54, 1.807) is 0 Å². The van der Waals surface area contributed by atoms with Gasteiger partial charge in [0.2, 0.25) is 5.91 Å². The molecule has 1 saturated heterocycles. The molecule has 0 spiro atoms. The molecule has 1 aliphatic heterocycles. The van der Waals surface area contributed by atoms with Gasteiger partial charge in [-0.2, -0.15) is 0 Å². The van der Waals surface area contributed by atoms with Crippen LogP contribution in [0, 0.1) is 5.92 Å². The van der Waals surface area contributed by atoms with E-state index in [1.165, 1.54) is 38.5 Å². The third-order valence-electron chi connectivity index (χ3n) is 5.49. The van der Waals surface area contributed by atoms with Crippen LogP contribution in [0.5, 0.6) is 0 Å². The van der Waals surface area contributed by atoms with Gasteiger partial charge in [-0.05, 0) is 50.9 Å². The maximum atomic E-state index is 11.7. The summed E-state index contributed by atoms with van der Waals surface area (Å²) in [5, 5.41) is 10.4. The summed E-state index contributed by atoms with van der Waals surface area (Å²) in [7, 11) is 0. The largest absolute Gasteiger partial charge is 0.390 e. The van der Waals surface area contributed by atoms with Crippen molar-refractivity contribution in [1.82, 2.24) is 9.80 Å². The van der Waals surface area contributed by atoms with Crippen molar-refractivity contribution >= 4 is 5.91 Å². The van der Waals surface area contributed by atoms with Crippen LogP contribution in [-0.2, 0) is 4.79 Å². The number of aliphatic hydroxyl groups is 1. The number of likely N-dealkylation sites (tertiary alicyclic amines) is 1. The van der Waals surface area contributed by atoms with E-state index in [-0.39, 0.29) is 12.0 Å². The van der Waals surface area contributed by atoms with Crippen molar-refractivity contribution in [3.05, 3.63) is 0 Å². The molecule has 0 radical (unpaired) electrons. The Morgan fingerprint density at radius 2 is 1.81 bits per heavy atom. The van der Waals surface area contributed by atoms with Gasteiger partial charge < -0.3 is 10.0 Å². The molecule has 3 rings (SSSR count). The second kappa shape index (κ2) is 6.66. The second-order valence-electron chi connectivity index (χ2n) is 7.44. The molecule has 2 saturated carbocycles. The Bertz CT molecular complexity index is 362. The first-order valence-corrected chi connectivity index (χ1v) is 8.85. The summed E-state index contributed by atoms with van der Waals surface area (Å²) < 4.78 is 0. The highest BCUT2D eigenvalue weighted by Gasteiger charge is 2.36. The van der Waals surface area contributed by atoms with Crippen molar-refractivity contribution in [3.63, 3.8) is 0 Å². The Morgan fingerprint density at radius 3 is 2.33 bits per heavy atom. The minimum Gasteiger partial charge on any atom is -0.390 e. The summed E-state index contributed by atoms with van der Waals surface area (Å²) in [6.45, 7) is 4.48. The summed E-state index contributed by atoms with van der Waals surface area (Å²) in [4.78, 5) is 16.1. The lowest BCUT2D eigenvalue weighted by Crippen LogP contribution is -2.46. The maximum Gasteiger partial charge on any atom is 0.222 e. The quantitative estimate of drug-likeness (QED) is 0.815. The topological polar surface area (TPSA) is 43.8 Å². The predicted octanol–water partition coefficient (Wildman–Crippen LogP) is 2.01. The fourth-order valence-corrected chi connectivity index (χ4v) is 4.03. The molecule has 3 fully saturated rings. The van der Waals surface area contributed by atoms with Gasteiger partial charge in [0.15, 0.2) is 0 Å². The lowest BCUT2D eigenvalue weighted by molar-refractivity contribution is -0.129. The monoisotopic (exact) mass is 294 g/mol. The van der Waals surface area contributed by atoms with Crippen molar-refractivity contribution in [2.24, 2.45) is 5.92 Å². The Kier molecular flexibility index (Phi) is 4.85. The van der Waals surface area contributed by atoms with Crippen molar-refractivity contribution in [3.8, 4) is 0 Å². The third kappa shape index (κ3) is 3.98. The van der Waals surface area contributed by atoms with Crippen LogP contribution in [0.15, 0.2) is 0 Å². The first-order chi connectivity index (χ1) is 10.1. The van der Waals surface area contributed by atoms with E-state index in [9.17, 15) is 9.90 Å². The zero-order valence-corrected chi connectivity index (χ0v) is 13.3. The highest BCUT2D eigenvalue weighted by Crippen LogP contribution is 2.35. The summed E-state index contributed by atoms with van der Waals surface area (Å²) >= 11 is 0. The van der Waals surface area contributed by atoms with Gasteiger partial charge in [-0.15, -0.1) is 0 Å². The molecule has 1 unspecified atom stereocenters. The molecule has 4 heteroatoms. The lowest BCUT2D eigenvalue weighted by Gasteiger charge is -2.38. The van der Waals surface area contributed by atoms with Gasteiger partial charge in [0.1, 0.15) is 0 Å². The fraction of sp³-hybridized carbons (Fsp3) is 0.941. The highest BCUT2D eigenvalue weighted by molar-refractivity contribution is 5.78. The van der Waals surface area contributed by atoms with Crippen LogP contribution >= 0.6 is 0 Å². The van der Waals surface area contributed by atoms with E-state index in [0.717, 1.165) is 25.4 Å². The van der Waals surface area contributed by atoms with Crippen molar-refractivity contribution in [1.29, 1.82) is 0 Å². The number of carbonyl (C=O) groups excluding carboxylic acids is 1. The molecular weight excluding hydrogens is 264 g/mol. The Morgan fingerprint density at radius 1 is 1.19 bits per heavy atom. The predicted molar refractivity (Wildman–Crippen MR) is 83.0 cm³/mol. The van der Waals surface area contributed by atoms with E-state index in [4.69, 9.17) is 0 Å². The number of β-amino-alcohol motifs (C(OH)–C–C–N with tert-alkyl or cyclic N) is 1. The molecule has 0 aromatic carbocycles. The highest BCUT2D eigenvalue weighted by atomic mass is 16.3. The Labute approximate surface area is 128 Å². The minimum atomic E-state index is -0.382. The van der Waals surface area contributed by atoms with Gasteiger partial charge in [0.05, 0.1) is 6.10 Å². The smallest absolute Gasteiger partial charge is 0.222 e. The number of aliphatic hydroxyl groups excluding tert-OH is 1. The van der Waals surface area contributed by atoms with Gasteiger partial charge in [-0.25, -0.2) is 0 Å². The van der Waals surface area contributed by atoms with E-state index in [1.807, 2.05) is 4.90 Å². The van der Waals surface area contributed by atoms with Crippen LogP contribution in [0.2, 0.25) is 0 Å². The third-order valence-corrected chi connectivity index (χ3v) is 5.49. The van der Waals surface area contributed by atoms with Crippen molar-refractivity contribution in [2.45, 2.75) is 76.5 Å². The number of rotatable bonds is 6. The molecule has 1 amide bonds. The van der Waals surface area contributed by atoms with Gasteiger partial charge in [-0.3, -0.25) is 9.69 Å². The average Bonchev–Trinajstić information content (AvgIpc) is 3.23. The van der Waals surface area contributed by atoms with Crippen LogP contribution in [0.1, 0.15) is 58.3 Å². The molecular formula is C17H30N2O2. The molecule has 120 valence electrons. The molecule has 0 bridgehead atoms. The summed E-state index contributed by atoms with van der Waals surface area (Å²) in [5.41, 5.74) is 0. The molecule has 1 N–H and O–H groups in total. The van der Waals surface area contributed by atoms with E-state index in [0.29, 0.717) is 25.0 Å². The average molecular weight is 294 g/mol. The van der Waals surface area contributed by atoms with Crippen molar-refractivity contribution < 1.29 is 9.90 Å². The number of amides is 1. The molecule has 2 aliphatic carbocycles. The standard InChI is InChI=1S/C17H30N2O2/c1-13-4-6-14(7-5-13)19(15-8-9-15)12-16(20)11-18-10-2-3-17(18)21/h13-16,20H,2-12H2,1H3. The first kappa shape index (κ1) is 15.3. The molecule has 21 heavy (non-hydrogen) atoms. The molecule has 0 aromatic heterocycles. The number of carbonyl (C=O) groups is 1. The zero-order chi connectivity index (χ0) is 14.8. The van der Waals surface area contributed by atoms with Crippen molar-refractivity contribution in [2.75, 3.05) is 19.6 Å². The minimum absolute atomic E-state index is 0.221. The maximum absolute atomic E-state index is 11.7. The molecule has 1 atom stereocenters.